The van der Waals surface area contributed by atoms with Crippen molar-refractivity contribution in [3.63, 3.8) is 0 Å². The Morgan fingerprint density at radius 1 is 1.17 bits per heavy atom. The summed E-state index contributed by atoms with van der Waals surface area (Å²) in [7, 11) is 0. The lowest BCUT2D eigenvalue weighted by Crippen LogP contribution is -2.64. The second-order valence-corrected chi connectivity index (χ2v) is 6.19. The number of amidine groups is 1. The first-order valence-corrected chi connectivity index (χ1v) is 6.83. The van der Waals surface area contributed by atoms with Crippen LogP contribution in [0.25, 0.3) is 0 Å². The average Bonchev–Trinajstić information content (AvgIpc) is 2.77. The summed E-state index contributed by atoms with van der Waals surface area (Å²) in [5.74, 6) is -2.59. The third kappa shape index (κ3) is 3.06. The van der Waals surface area contributed by atoms with E-state index in [-0.39, 0.29) is 5.84 Å². The summed E-state index contributed by atoms with van der Waals surface area (Å²) in [6.45, 7) is 4.34. The number of hydrogen-bond donors (Lipinski definition) is 2. The largest absolute Gasteiger partial charge is 0.442 e. The molecule has 5 nitrogen and oxygen atoms in total. The molecule has 0 spiro atoms. The first kappa shape index (κ1) is 17.0. The third-order valence-corrected chi connectivity index (χ3v) is 3.27. The number of hydrogen-bond acceptors (Lipinski definition) is 3. The van der Waals surface area contributed by atoms with Crippen LogP contribution in [-0.4, -0.2) is 29.5 Å². The van der Waals surface area contributed by atoms with E-state index in [1.807, 2.05) is 0 Å². The minimum Gasteiger partial charge on any atom is -0.316 e. The molecule has 1 atom stereocenters. The number of alkyl halides is 3. The van der Waals surface area contributed by atoms with Gasteiger partial charge in [-0.25, -0.2) is 4.99 Å². The number of nitrogens with one attached hydrogen (secondary N) is 2. The lowest BCUT2D eigenvalue weighted by Gasteiger charge is -2.30. The molecule has 0 fully saturated rings. The lowest BCUT2D eigenvalue weighted by molar-refractivity contribution is -0.198. The fourth-order valence-corrected chi connectivity index (χ4v) is 1.88. The third-order valence-electron chi connectivity index (χ3n) is 3.27. The summed E-state index contributed by atoms with van der Waals surface area (Å²) in [4.78, 5) is 27.5. The fraction of sp³-hybridized carbons (Fsp3) is 0.400. The van der Waals surface area contributed by atoms with E-state index in [0.717, 1.165) is 0 Å². The maximum absolute atomic E-state index is 13.5. The highest BCUT2D eigenvalue weighted by molar-refractivity contribution is 6.16. The SMILES string of the molecule is CC(C)(C)C(=O)NC1(C(F)(F)F)N=C(c2ccccc2)NC1=O. The summed E-state index contributed by atoms with van der Waals surface area (Å²) >= 11 is 0. The molecule has 1 aliphatic heterocycles. The molecule has 2 N–H and O–H groups in total. The van der Waals surface area contributed by atoms with Crippen molar-refractivity contribution >= 4 is 17.6 Å². The number of rotatable bonds is 2. The molecule has 23 heavy (non-hydrogen) atoms. The Kier molecular flexibility index (Phi) is 3.96. The van der Waals surface area contributed by atoms with E-state index in [1.165, 1.54) is 32.9 Å². The van der Waals surface area contributed by atoms with E-state index in [1.54, 1.807) is 23.5 Å². The van der Waals surface area contributed by atoms with Crippen LogP contribution in [0.5, 0.6) is 0 Å². The second-order valence-electron chi connectivity index (χ2n) is 6.19. The van der Waals surface area contributed by atoms with Crippen molar-refractivity contribution in [2.45, 2.75) is 32.6 Å². The number of halogens is 3. The monoisotopic (exact) mass is 327 g/mol. The Hall–Kier alpha value is -2.38. The van der Waals surface area contributed by atoms with Crippen molar-refractivity contribution in [3.8, 4) is 0 Å². The van der Waals surface area contributed by atoms with Crippen molar-refractivity contribution in [3.05, 3.63) is 35.9 Å². The molecule has 8 heteroatoms. The van der Waals surface area contributed by atoms with Gasteiger partial charge in [0.15, 0.2) is 0 Å². The smallest absolute Gasteiger partial charge is 0.316 e. The molecule has 0 aliphatic carbocycles. The predicted octanol–water partition coefficient (Wildman–Crippen LogP) is 1.98. The zero-order chi connectivity index (χ0) is 17.5. The molecule has 1 heterocycles. The van der Waals surface area contributed by atoms with E-state index >= 15 is 0 Å². The number of carbonyl (C=O) groups excluding carboxylic acids is 2. The van der Waals surface area contributed by atoms with Gasteiger partial charge in [0.25, 0.3) is 5.91 Å². The van der Waals surface area contributed by atoms with Crippen molar-refractivity contribution < 1.29 is 22.8 Å². The maximum atomic E-state index is 13.5. The van der Waals surface area contributed by atoms with Gasteiger partial charge in [-0.15, -0.1) is 0 Å². The Bertz CT molecular complexity index is 663. The fourth-order valence-electron chi connectivity index (χ4n) is 1.88. The van der Waals surface area contributed by atoms with Gasteiger partial charge in [0.1, 0.15) is 5.84 Å². The first-order valence-electron chi connectivity index (χ1n) is 6.83. The van der Waals surface area contributed by atoms with Crippen LogP contribution in [0.3, 0.4) is 0 Å². The number of aliphatic imine (C=N–C) groups is 1. The molecule has 1 unspecified atom stereocenters. The minimum absolute atomic E-state index is 0.234. The molecular weight excluding hydrogens is 311 g/mol. The van der Waals surface area contributed by atoms with Gasteiger partial charge in [-0.2, -0.15) is 13.2 Å². The van der Waals surface area contributed by atoms with Gasteiger partial charge in [0.2, 0.25) is 5.91 Å². The first-order chi connectivity index (χ1) is 10.5. The molecule has 1 aromatic rings. The highest BCUT2D eigenvalue weighted by Gasteiger charge is 2.65. The molecule has 0 radical (unpaired) electrons. The lowest BCUT2D eigenvalue weighted by atomic mass is 9.94. The van der Waals surface area contributed by atoms with Crippen LogP contribution in [0.1, 0.15) is 26.3 Å². The molecule has 0 bridgehead atoms. The molecule has 1 aliphatic rings. The Balaban J connectivity index is 2.49. The van der Waals surface area contributed by atoms with Crippen LogP contribution in [0, 0.1) is 5.41 Å². The van der Waals surface area contributed by atoms with Gasteiger partial charge in [-0.3, -0.25) is 9.59 Å². The topological polar surface area (TPSA) is 70.6 Å². The van der Waals surface area contributed by atoms with Gasteiger partial charge in [-0.05, 0) is 0 Å². The molecule has 2 rings (SSSR count). The number of amides is 2. The summed E-state index contributed by atoms with van der Waals surface area (Å²) < 4.78 is 40.6. The van der Waals surface area contributed by atoms with E-state index in [9.17, 15) is 22.8 Å². The Morgan fingerprint density at radius 2 is 1.74 bits per heavy atom. The quantitative estimate of drug-likeness (QED) is 0.872. The average molecular weight is 327 g/mol. The van der Waals surface area contributed by atoms with E-state index in [0.29, 0.717) is 5.56 Å². The van der Waals surface area contributed by atoms with Crippen LogP contribution in [0.15, 0.2) is 35.3 Å². The summed E-state index contributed by atoms with van der Waals surface area (Å²) in [5.41, 5.74) is -4.11. The van der Waals surface area contributed by atoms with Crippen LogP contribution in [0.2, 0.25) is 0 Å². The minimum atomic E-state index is -5.07. The number of carbonyl (C=O) groups is 2. The second kappa shape index (κ2) is 5.36. The van der Waals surface area contributed by atoms with Crippen LogP contribution >= 0.6 is 0 Å². The van der Waals surface area contributed by atoms with E-state index in [2.05, 4.69) is 10.3 Å². The molecule has 2 amide bonds. The Labute approximate surface area is 131 Å². The van der Waals surface area contributed by atoms with Crippen LogP contribution in [0.4, 0.5) is 13.2 Å². The molecule has 1 aromatic carbocycles. The van der Waals surface area contributed by atoms with Gasteiger partial charge in [-0.1, -0.05) is 51.1 Å². The van der Waals surface area contributed by atoms with Gasteiger partial charge >= 0.3 is 11.8 Å². The molecule has 0 saturated heterocycles. The van der Waals surface area contributed by atoms with Crippen molar-refractivity contribution in [1.82, 2.24) is 10.6 Å². The van der Waals surface area contributed by atoms with Crippen molar-refractivity contribution in [1.29, 1.82) is 0 Å². The zero-order valence-electron chi connectivity index (χ0n) is 12.8. The standard InChI is InChI=1S/C15H16F3N3O2/c1-13(2,3)11(22)21-14(15(16,17)18)12(23)19-10(20-14)9-7-5-4-6-8-9/h4-8H,1-3H3,(H,21,22)(H,19,20,23). The Morgan fingerprint density at radius 3 is 2.22 bits per heavy atom. The molecule has 124 valence electrons. The van der Waals surface area contributed by atoms with Gasteiger partial charge in [0, 0.05) is 11.0 Å². The summed E-state index contributed by atoms with van der Waals surface area (Å²) in [6.07, 6.45) is -5.07. The maximum Gasteiger partial charge on any atom is 0.442 e. The zero-order valence-corrected chi connectivity index (χ0v) is 12.8. The molecular formula is C15H16F3N3O2. The van der Waals surface area contributed by atoms with Crippen molar-refractivity contribution in [2.24, 2.45) is 10.4 Å². The van der Waals surface area contributed by atoms with Gasteiger partial charge < -0.3 is 10.6 Å². The van der Waals surface area contributed by atoms with E-state index in [4.69, 9.17) is 0 Å². The highest BCUT2D eigenvalue weighted by atomic mass is 19.4. The predicted molar refractivity (Wildman–Crippen MR) is 77.5 cm³/mol. The number of nitrogens with zero attached hydrogens (tertiary/aromatic N) is 1. The van der Waals surface area contributed by atoms with Crippen molar-refractivity contribution in [2.75, 3.05) is 0 Å². The number of benzene rings is 1. The normalized spacial score (nSPS) is 21.7. The van der Waals surface area contributed by atoms with Crippen LogP contribution < -0.4 is 10.6 Å². The highest BCUT2D eigenvalue weighted by Crippen LogP contribution is 2.36. The molecule has 0 aromatic heterocycles. The summed E-state index contributed by atoms with van der Waals surface area (Å²) in [6, 6.07) is 7.91. The van der Waals surface area contributed by atoms with Gasteiger partial charge in [0.05, 0.1) is 0 Å². The molecule has 0 saturated carbocycles. The van der Waals surface area contributed by atoms with E-state index < -0.39 is 29.1 Å². The summed E-state index contributed by atoms with van der Waals surface area (Å²) in [5, 5.41) is 3.86. The van der Waals surface area contributed by atoms with Crippen LogP contribution in [-0.2, 0) is 9.59 Å².